The van der Waals surface area contributed by atoms with Crippen LogP contribution in [0.1, 0.15) is 0 Å². The topological polar surface area (TPSA) is 0 Å². The molecule has 0 rings (SSSR count). The van der Waals surface area contributed by atoms with Gasteiger partial charge >= 0.3 is 54.1 Å². The molecular formula is C2H2AuClRu. The van der Waals surface area contributed by atoms with Crippen molar-refractivity contribution in [1.29, 1.82) is 0 Å². The summed E-state index contributed by atoms with van der Waals surface area (Å²) in [5.74, 6) is 0. The number of hydrogen-bond donors (Lipinski definition) is 0. The van der Waals surface area contributed by atoms with Gasteiger partial charge in [0.2, 0.25) is 0 Å². The standard InChI is InChI=1S/C2H2Cl.Au.Ru/c1-2-3;;/h1H2;;. The third-order valence-corrected chi connectivity index (χ3v) is 4.75. The number of rotatable bonds is 1. The summed E-state index contributed by atoms with van der Waals surface area (Å²) in [7, 11) is 0. The van der Waals surface area contributed by atoms with Crippen LogP contribution in [-0.4, -0.2) is 0 Å². The molecule has 0 fully saturated rings. The van der Waals surface area contributed by atoms with E-state index in [-0.39, 0.29) is 14.0 Å². The van der Waals surface area contributed by atoms with Crippen molar-refractivity contribution in [3.05, 3.63) is 10.2 Å². The van der Waals surface area contributed by atoms with Gasteiger partial charge in [-0.05, 0) is 0 Å². The SMILES string of the molecule is C=[C](Cl)[Ru][Au]. The van der Waals surface area contributed by atoms with E-state index in [1.54, 1.807) is 0 Å². The van der Waals surface area contributed by atoms with Crippen molar-refractivity contribution < 1.29 is 32.3 Å². The van der Waals surface area contributed by atoms with Crippen LogP contribution in [0.25, 0.3) is 0 Å². The predicted molar refractivity (Wildman–Crippen MR) is 15.0 cm³/mol. The van der Waals surface area contributed by atoms with Crippen LogP contribution in [0.5, 0.6) is 0 Å². The Bertz CT molecular complexity index is 44.9. The maximum absolute atomic E-state index is 5.29. The summed E-state index contributed by atoms with van der Waals surface area (Å²) in [4.78, 5) is 0. The Kier molecular flexibility index (Phi) is 4.58. The van der Waals surface area contributed by atoms with Crippen LogP contribution in [0.3, 0.4) is 0 Å². The van der Waals surface area contributed by atoms with E-state index in [1.165, 1.54) is 0 Å². The second-order valence-corrected chi connectivity index (χ2v) is 4.91. The molecule has 0 aliphatic rings. The van der Waals surface area contributed by atoms with Gasteiger partial charge in [0.05, 0.1) is 0 Å². The Labute approximate surface area is 53.8 Å². The van der Waals surface area contributed by atoms with Gasteiger partial charge in [-0.25, -0.2) is 0 Å². The Hall–Kier alpha value is 1.39. The molecule has 0 unspecified atom stereocenters. The van der Waals surface area contributed by atoms with Gasteiger partial charge in [0.15, 0.2) is 0 Å². The first-order valence-corrected chi connectivity index (χ1v) is 7.13. The zero-order valence-electron chi connectivity index (χ0n) is 2.24. The molecule has 0 aromatic rings. The van der Waals surface area contributed by atoms with Gasteiger partial charge in [-0.2, -0.15) is 0 Å². The van der Waals surface area contributed by atoms with E-state index in [4.69, 9.17) is 11.6 Å². The zero-order chi connectivity index (χ0) is 4.28. The molecule has 0 aromatic heterocycles. The van der Waals surface area contributed by atoms with Gasteiger partial charge in [0, 0.05) is 0 Å². The third kappa shape index (κ3) is 5.39. The van der Waals surface area contributed by atoms with Crippen molar-refractivity contribution >= 4 is 11.6 Å². The van der Waals surface area contributed by atoms with Crippen LogP contribution in [0.4, 0.5) is 0 Å². The molecule has 0 nitrogen and oxygen atoms in total. The molecule has 0 aliphatic carbocycles. The molecule has 0 heterocycles. The molecule has 0 amide bonds. The molecule has 5 heavy (non-hydrogen) atoms. The summed E-state index contributed by atoms with van der Waals surface area (Å²) in [5, 5.41) is 0. The van der Waals surface area contributed by atoms with Crippen LogP contribution in [0.15, 0.2) is 10.2 Å². The molecule has 0 atom stereocenters. The van der Waals surface area contributed by atoms with Gasteiger partial charge < -0.3 is 0 Å². The van der Waals surface area contributed by atoms with Gasteiger partial charge in [-0.15, -0.1) is 0 Å². The zero-order valence-corrected chi connectivity index (χ0v) is 6.90. The third-order valence-electron chi connectivity index (χ3n) is 0.0578. The average Bonchev–Trinajstić information content (AvgIpc) is 1.38. The first-order chi connectivity index (χ1) is 2.27. The first kappa shape index (κ1) is 6.39. The van der Waals surface area contributed by atoms with E-state index in [0.29, 0.717) is 0 Å². The molecule has 0 bridgehead atoms. The molecule has 0 saturated heterocycles. The van der Waals surface area contributed by atoms with Gasteiger partial charge in [0.1, 0.15) is 0 Å². The van der Waals surface area contributed by atoms with Crippen molar-refractivity contribution in [2.75, 3.05) is 0 Å². The molecule has 36 valence electrons. The van der Waals surface area contributed by atoms with E-state index in [0.717, 1.165) is 3.63 Å². The van der Waals surface area contributed by atoms with Gasteiger partial charge in [-0.3, -0.25) is 0 Å². The van der Waals surface area contributed by atoms with Crippen molar-refractivity contribution in [2.24, 2.45) is 0 Å². The number of hydrogen-bond acceptors (Lipinski definition) is 0. The summed E-state index contributed by atoms with van der Waals surface area (Å²) in [5.41, 5.74) is 0. The first-order valence-electron chi connectivity index (χ1n) is 0.826. The second-order valence-electron chi connectivity index (χ2n) is 0.379. The summed E-state index contributed by atoms with van der Waals surface area (Å²) >= 11 is 7.88. The van der Waals surface area contributed by atoms with E-state index < -0.39 is 0 Å². The number of halogens is 1. The monoisotopic (exact) mass is 360 g/mol. The Morgan fingerprint density at radius 1 is 2.00 bits per heavy atom. The van der Waals surface area contributed by atoms with Crippen molar-refractivity contribution in [3.63, 3.8) is 0 Å². The minimum atomic E-state index is 0.201. The molecular weight excluding hydrogens is 358 g/mol. The Morgan fingerprint density at radius 3 is 2.20 bits per heavy atom. The van der Waals surface area contributed by atoms with Crippen molar-refractivity contribution in [3.8, 4) is 0 Å². The fourth-order valence-corrected chi connectivity index (χ4v) is 0. The normalized spacial score (nSPS) is 8.60. The van der Waals surface area contributed by atoms with E-state index in [9.17, 15) is 0 Å². The van der Waals surface area contributed by atoms with E-state index >= 15 is 0 Å². The van der Waals surface area contributed by atoms with Crippen LogP contribution >= 0.6 is 11.6 Å². The molecule has 0 aliphatic heterocycles. The van der Waals surface area contributed by atoms with Gasteiger partial charge in [-0.1, -0.05) is 0 Å². The summed E-state index contributed by atoms with van der Waals surface area (Å²) in [6.45, 7) is 3.47. The summed E-state index contributed by atoms with van der Waals surface area (Å²) in [6, 6.07) is 0. The van der Waals surface area contributed by atoms with E-state index in [2.05, 4.69) is 24.9 Å². The summed E-state index contributed by atoms with van der Waals surface area (Å²) < 4.78 is 0.792. The van der Waals surface area contributed by atoms with Crippen LogP contribution in [0, 0.1) is 0 Å². The fraction of sp³-hybridized carbons (Fsp3) is 0. The van der Waals surface area contributed by atoms with E-state index in [1.807, 2.05) is 0 Å². The predicted octanol–water partition coefficient (Wildman–Crippen LogP) is 1.24. The maximum atomic E-state index is 5.29. The van der Waals surface area contributed by atoms with Crippen LogP contribution in [-0.2, 0) is 32.3 Å². The fourth-order valence-electron chi connectivity index (χ4n) is 0. The molecule has 3 heteroatoms. The quantitative estimate of drug-likeness (QED) is 0.618. The molecule has 0 spiro atoms. The van der Waals surface area contributed by atoms with Crippen molar-refractivity contribution in [2.45, 2.75) is 0 Å². The molecule has 0 aromatic carbocycles. The summed E-state index contributed by atoms with van der Waals surface area (Å²) in [6.07, 6.45) is 0. The van der Waals surface area contributed by atoms with Crippen LogP contribution < -0.4 is 0 Å². The Morgan fingerprint density at radius 2 is 2.20 bits per heavy atom. The molecule has 0 radical (unpaired) electrons. The molecule has 0 saturated carbocycles. The van der Waals surface area contributed by atoms with Gasteiger partial charge in [0.25, 0.3) is 0 Å². The molecule has 0 N–H and O–H groups in total. The van der Waals surface area contributed by atoms with Crippen molar-refractivity contribution in [1.82, 2.24) is 0 Å². The van der Waals surface area contributed by atoms with Crippen LogP contribution in [0.2, 0.25) is 0 Å². The second kappa shape index (κ2) is 3.58. The average molecular weight is 360 g/mol. The Balaban J connectivity index is 2.85. The minimum absolute atomic E-state index is 0.201.